The van der Waals surface area contributed by atoms with Crippen LogP contribution in [0.1, 0.15) is 70.9 Å². The molecule has 0 bridgehead atoms. The van der Waals surface area contributed by atoms with E-state index < -0.39 is 0 Å². The normalized spacial score (nSPS) is 13.3. The summed E-state index contributed by atoms with van der Waals surface area (Å²) in [6.07, 6.45) is 3.35. The highest BCUT2D eigenvalue weighted by molar-refractivity contribution is 5.42. The highest BCUT2D eigenvalue weighted by Gasteiger charge is 2.20. The lowest BCUT2D eigenvalue weighted by atomic mass is 9.82. The molecule has 0 saturated carbocycles. The first-order chi connectivity index (χ1) is 9.43. The van der Waals surface area contributed by atoms with Gasteiger partial charge in [-0.25, -0.2) is 0 Å². The van der Waals surface area contributed by atoms with Gasteiger partial charge in [-0.1, -0.05) is 39.8 Å². The van der Waals surface area contributed by atoms with E-state index in [0.717, 1.165) is 38.2 Å². The molecule has 0 saturated heterocycles. The molecular formula is C18H31NO. The Kier molecular flexibility index (Phi) is 6.54. The van der Waals surface area contributed by atoms with Crippen LogP contribution < -0.4 is 10.5 Å². The smallest absolute Gasteiger partial charge is 0.122 e. The van der Waals surface area contributed by atoms with Crippen LogP contribution in [0.2, 0.25) is 0 Å². The van der Waals surface area contributed by atoms with Crippen molar-refractivity contribution < 1.29 is 4.74 Å². The molecule has 1 atom stereocenters. The highest BCUT2D eigenvalue weighted by atomic mass is 16.5. The molecule has 1 unspecified atom stereocenters. The second-order valence-corrected chi connectivity index (χ2v) is 6.47. The zero-order valence-electron chi connectivity index (χ0n) is 13.8. The van der Waals surface area contributed by atoms with E-state index in [1.807, 2.05) is 6.92 Å². The SMILES string of the molecule is CCOc1ccc(C(C)(C)C)cc1C(CC)CCCN. The summed E-state index contributed by atoms with van der Waals surface area (Å²) in [5, 5.41) is 0. The minimum atomic E-state index is 0.172. The van der Waals surface area contributed by atoms with Crippen LogP contribution in [0.5, 0.6) is 5.75 Å². The fourth-order valence-corrected chi connectivity index (χ4v) is 2.56. The van der Waals surface area contributed by atoms with E-state index in [4.69, 9.17) is 10.5 Å². The summed E-state index contributed by atoms with van der Waals surface area (Å²) in [5.41, 5.74) is 8.58. The maximum Gasteiger partial charge on any atom is 0.122 e. The Labute approximate surface area is 124 Å². The number of ether oxygens (including phenoxy) is 1. The summed E-state index contributed by atoms with van der Waals surface area (Å²) in [6, 6.07) is 6.68. The van der Waals surface area contributed by atoms with Crippen LogP contribution in [-0.2, 0) is 5.41 Å². The molecule has 2 nitrogen and oxygen atoms in total. The zero-order valence-corrected chi connectivity index (χ0v) is 13.8. The maximum absolute atomic E-state index is 5.84. The number of hydrogen-bond donors (Lipinski definition) is 1. The van der Waals surface area contributed by atoms with Crippen LogP contribution in [0.25, 0.3) is 0 Å². The first-order valence-electron chi connectivity index (χ1n) is 7.91. The Hall–Kier alpha value is -1.02. The largest absolute Gasteiger partial charge is 0.494 e. The molecule has 1 aromatic rings. The van der Waals surface area contributed by atoms with Crippen molar-refractivity contribution in [2.24, 2.45) is 5.73 Å². The van der Waals surface area contributed by atoms with E-state index >= 15 is 0 Å². The van der Waals surface area contributed by atoms with Crippen LogP contribution in [0, 0.1) is 0 Å². The summed E-state index contributed by atoms with van der Waals surface area (Å²) in [7, 11) is 0. The van der Waals surface area contributed by atoms with Crippen molar-refractivity contribution in [1.82, 2.24) is 0 Å². The van der Waals surface area contributed by atoms with Gasteiger partial charge in [-0.2, -0.15) is 0 Å². The van der Waals surface area contributed by atoms with Gasteiger partial charge in [0.15, 0.2) is 0 Å². The molecule has 0 aromatic heterocycles. The third kappa shape index (κ3) is 4.52. The molecule has 2 heteroatoms. The molecule has 0 aliphatic carbocycles. The monoisotopic (exact) mass is 277 g/mol. The van der Waals surface area contributed by atoms with Crippen LogP contribution >= 0.6 is 0 Å². The minimum Gasteiger partial charge on any atom is -0.494 e. The second kappa shape index (κ2) is 7.68. The molecule has 0 fully saturated rings. The average Bonchev–Trinajstić information content (AvgIpc) is 2.40. The lowest BCUT2D eigenvalue weighted by molar-refractivity contribution is 0.332. The molecule has 114 valence electrons. The molecule has 1 aromatic carbocycles. The Bertz CT molecular complexity index is 406. The third-order valence-electron chi connectivity index (χ3n) is 3.86. The van der Waals surface area contributed by atoms with Crippen molar-refractivity contribution in [3.63, 3.8) is 0 Å². The number of rotatable bonds is 7. The standard InChI is InChI=1S/C18H31NO/c1-6-14(9-8-12-19)16-13-15(18(3,4)5)10-11-17(16)20-7-2/h10-11,13-14H,6-9,12,19H2,1-5H3. The number of benzene rings is 1. The van der Waals surface area contributed by atoms with Gasteiger partial charge in [0.1, 0.15) is 5.75 Å². The fraction of sp³-hybridized carbons (Fsp3) is 0.667. The van der Waals surface area contributed by atoms with Gasteiger partial charge >= 0.3 is 0 Å². The predicted molar refractivity (Wildman–Crippen MR) is 87.6 cm³/mol. The Morgan fingerprint density at radius 3 is 2.40 bits per heavy atom. The van der Waals surface area contributed by atoms with Crippen molar-refractivity contribution >= 4 is 0 Å². The average molecular weight is 277 g/mol. The van der Waals surface area contributed by atoms with Gasteiger partial charge in [-0.3, -0.25) is 0 Å². The van der Waals surface area contributed by atoms with Crippen molar-refractivity contribution in [1.29, 1.82) is 0 Å². The molecule has 0 amide bonds. The summed E-state index contributed by atoms with van der Waals surface area (Å²) in [4.78, 5) is 0. The van der Waals surface area contributed by atoms with Crippen molar-refractivity contribution in [3.05, 3.63) is 29.3 Å². The quantitative estimate of drug-likeness (QED) is 0.789. The number of hydrogen-bond acceptors (Lipinski definition) is 2. The molecular weight excluding hydrogens is 246 g/mol. The molecule has 0 radical (unpaired) electrons. The minimum absolute atomic E-state index is 0.172. The van der Waals surface area contributed by atoms with Gasteiger partial charge in [0, 0.05) is 0 Å². The van der Waals surface area contributed by atoms with Gasteiger partial charge in [-0.15, -0.1) is 0 Å². The number of nitrogens with two attached hydrogens (primary N) is 1. The van der Waals surface area contributed by atoms with Gasteiger partial charge in [0.05, 0.1) is 6.61 Å². The van der Waals surface area contributed by atoms with Gasteiger partial charge < -0.3 is 10.5 Å². The van der Waals surface area contributed by atoms with E-state index in [-0.39, 0.29) is 5.41 Å². The van der Waals surface area contributed by atoms with E-state index in [1.165, 1.54) is 11.1 Å². The molecule has 0 aliphatic heterocycles. The summed E-state index contributed by atoms with van der Waals surface area (Å²) >= 11 is 0. The van der Waals surface area contributed by atoms with Crippen LogP contribution in [0.4, 0.5) is 0 Å². The van der Waals surface area contributed by atoms with Crippen molar-refractivity contribution in [2.45, 2.75) is 65.2 Å². The van der Waals surface area contributed by atoms with Crippen LogP contribution in [0.15, 0.2) is 18.2 Å². The van der Waals surface area contributed by atoms with Crippen LogP contribution in [-0.4, -0.2) is 13.2 Å². The molecule has 0 aliphatic rings. The van der Waals surface area contributed by atoms with E-state index in [2.05, 4.69) is 45.9 Å². The maximum atomic E-state index is 5.84. The predicted octanol–water partition coefficient (Wildman–Crippen LogP) is 4.62. The summed E-state index contributed by atoms with van der Waals surface area (Å²) in [5.74, 6) is 1.59. The van der Waals surface area contributed by atoms with E-state index in [9.17, 15) is 0 Å². The Morgan fingerprint density at radius 2 is 1.90 bits per heavy atom. The lowest BCUT2D eigenvalue weighted by Gasteiger charge is -2.24. The fourth-order valence-electron chi connectivity index (χ4n) is 2.56. The lowest BCUT2D eigenvalue weighted by Crippen LogP contribution is -2.13. The molecule has 1 rings (SSSR count). The van der Waals surface area contributed by atoms with E-state index in [0.29, 0.717) is 5.92 Å². The van der Waals surface area contributed by atoms with Gasteiger partial charge in [-0.05, 0) is 61.3 Å². The van der Waals surface area contributed by atoms with Crippen molar-refractivity contribution in [2.75, 3.05) is 13.2 Å². The topological polar surface area (TPSA) is 35.2 Å². The van der Waals surface area contributed by atoms with Crippen molar-refractivity contribution in [3.8, 4) is 5.75 Å². The molecule has 0 spiro atoms. The highest BCUT2D eigenvalue weighted by Crippen LogP contribution is 2.36. The first kappa shape index (κ1) is 17.0. The zero-order chi connectivity index (χ0) is 15.2. The Morgan fingerprint density at radius 1 is 1.20 bits per heavy atom. The van der Waals surface area contributed by atoms with Gasteiger partial charge in [0.2, 0.25) is 0 Å². The molecule has 20 heavy (non-hydrogen) atoms. The second-order valence-electron chi connectivity index (χ2n) is 6.47. The summed E-state index contributed by atoms with van der Waals surface area (Å²) in [6.45, 7) is 12.5. The summed E-state index contributed by atoms with van der Waals surface area (Å²) < 4.78 is 5.84. The van der Waals surface area contributed by atoms with Crippen LogP contribution in [0.3, 0.4) is 0 Å². The molecule has 2 N–H and O–H groups in total. The first-order valence-corrected chi connectivity index (χ1v) is 7.91. The van der Waals surface area contributed by atoms with E-state index in [1.54, 1.807) is 0 Å². The third-order valence-corrected chi connectivity index (χ3v) is 3.86. The Balaban J connectivity index is 3.15. The molecule has 0 heterocycles. The van der Waals surface area contributed by atoms with Gasteiger partial charge in [0.25, 0.3) is 0 Å².